The quantitative estimate of drug-likeness (QED) is 0.853. The zero-order valence-electron chi connectivity index (χ0n) is 11.8. The standard InChI is InChI=1S/C16H18FN3/c1-11-9-15(19-16(18-11)13-5-6-13)20(2)10-12-3-7-14(17)8-4-12/h3-4,7-9,13H,5-6,10H2,1-2H3. The summed E-state index contributed by atoms with van der Waals surface area (Å²) in [7, 11) is 2.00. The molecule has 1 saturated carbocycles. The Labute approximate surface area is 118 Å². The summed E-state index contributed by atoms with van der Waals surface area (Å²) in [4.78, 5) is 11.2. The van der Waals surface area contributed by atoms with Crippen LogP contribution in [0, 0.1) is 12.7 Å². The fraction of sp³-hybridized carbons (Fsp3) is 0.375. The highest BCUT2D eigenvalue weighted by atomic mass is 19.1. The topological polar surface area (TPSA) is 29.0 Å². The number of anilines is 1. The summed E-state index contributed by atoms with van der Waals surface area (Å²) in [5.74, 6) is 2.24. The second-order valence-electron chi connectivity index (χ2n) is 5.48. The summed E-state index contributed by atoms with van der Waals surface area (Å²) in [5.41, 5.74) is 2.07. The molecule has 0 N–H and O–H groups in total. The SMILES string of the molecule is Cc1cc(N(C)Cc2ccc(F)cc2)nc(C2CC2)n1. The van der Waals surface area contributed by atoms with Gasteiger partial charge in [-0.1, -0.05) is 12.1 Å². The highest BCUT2D eigenvalue weighted by molar-refractivity contribution is 5.40. The van der Waals surface area contributed by atoms with Crippen molar-refractivity contribution in [3.63, 3.8) is 0 Å². The van der Waals surface area contributed by atoms with Crippen LogP contribution in [0.3, 0.4) is 0 Å². The second-order valence-corrected chi connectivity index (χ2v) is 5.48. The van der Waals surface area contributed by atoms with Gasteiger partial charge in [0.25, 0.3) is 0 Å². The molecule has 0 bridgehead atoms. The van der Waals surface area contributed by atoms with Crippen LogP contribution >= 0.6 is 0 Å². The summed E-state index contributed by atoms with van der Waals surface area (Å²) in [5, 5.41) is 0. The third-order valence-electron chi connectivity index (χ3n) is 3.52. The smallest absolute Gasteiger partial charge is 0.134 e. The van der Waals surface area contributed by atoms with Crippen LogP contribution in [0.5, 0.6) is 0 Å². The van der Waals surface area contributed by atoms with Crippen molar-refractivity contribution < 1.29 is 4.39 Å². The largest absolute Gasteiger partial charge is 0.355 e. The molecular weight excluding hydrogens is 253 g/mol. The predicted molar refractivity (Wildman–Crippen MR) is 77.3 cm³/mol. The molecule has 0 radical (unpaired) electrons. The fourth-order valence-corrected chi connectivity index (χ4v) is 2.24. The lowest BCUT2D eigenvalue weighted by molar-refractivity contribution is 0.627. The monoisotopic (exact) mass is 271 g/mol. The van der Waals surface area contributed by atoms with Crippen molar-refractivity contribution in [2.24, 2.45) is 0 Å². The molecular formula is C16H18FN3. The minimum absolute atomic E-state index is 0.203. The van der Waals surface area contributed by atoms with Crippen LogP contribution in [0.2, 0.25) is 0 Å². The number of rotatable bonds is 4. The van der Waals surface area contributed by atoms with Gasteiger partial charge >= 0.3 is 0 Å². The van der Waals surface area contributed by atoms with E-state index in [1.165, 1.54) is 25.0 Å². The van der Waals surface area contributed by atoms with Gasteiger partial charge in [-0.05, 0) is 37.5 Å². The van der Waals surface area contributed by atoms with Gasteiger partial charge in [-0.15, -0.1) is 0 Å². The van der Waals surface area contributed by atoms with Crippen molar-refractivity contribution in [3.05, 3.63) is 53.2 Å². The van der Waals surface area contributed by atoms with Gasteiger partial charge in [0.15, 0.2) is 0 Å². The molecule has 0 saturated heterocycles. The van der Waals surface area contributed by atoms with Crippen molar-refractivity contribution in [2.75, 3.05) is 11.9 Å². The Balaban J connectivity index is 1.79. The molecule has 4 heteroatoms. The molecule has 1 aromatic carbocycles. The van der Waals surface area contributed by atoms with Crippen LogP contribution in [0.4, 0.5) is 10.2 Å². The first kappa shape index (κ1) is 13.0. The summed E-state index contributed by atoms with van der Waals surface area (Å²) in [6.07, 6.45) is 2.40. The van der Waals surface area contributed by atoms with E-state index >= 15 is 0 Å². The van der Waals surface area contributed by atoms with Crippen molar-refractivity contribution in [2.45, 2.75) is 32.2 Å². The number of hydrogen-bond donors (Lipinski definition) is 0. The van der Waals surface area contributed by atoms with Gasteiger partial charge in [0.05, 0.1) is 0 Å². The summed E-state index contributed by atoms with van der Waals surface area (Å²) >= 11 is 0. The van der Waals surface area contributed by atoms with E-state index in [4.69, 9.17) is 0 Å². The molecule has 1 aliphatic carbocycles. The van der Waals surface area contributed by atoms with E-state index in [0.29, 0.717) is 12.5 Å². The average Bonchev–Trinajstić information content (AvgIpc) is 3.25. The first-order valence-electron chi connectivity index (χ1n) is 6.93. The van der Waals surface area contributed by atoms with Gasteiger partial charge in [0.2, 0.25) is 0 Å². The lowest BCUT2D eigenvalue weighted by Gasteiger charge is -2.19. The van der Waals surface area contributed by atoms with Crippen molar-refractivity contribution in [3.8, 4) is 0 Å². The van der Waals surface area contributed by atoms with Crippen LogP contribution in [0.25, 0.3) is 0 Å². The molecule has 104 valence electrons. The predicted octanol–water partition coefficient (Wildman–Crippen LogP) is 3.44. The van der Waals surface area contributed by atoms with E-state index in [-0.39, 0.29) is 5.82 Å². The van der Waals surface area contributed by atoms with Crippen LogP contribution in [0.15, 0.2) is 30.3 Å². The molecule has 1 heterocycles. The molecule has 0 spiro atoms. The van der Waals surface area contributed by atoms with E-state index in [0.717, 1.165) is 22.9 Å². The molecule has 0 amide bonds. The molecule has 0 atom stereocenters. The van der Waals surface area contributed by atoms with E-state index in [1.807, 2.05) is 32.2 Å². The lowest BCUT2D eigenvalue weighted by atomic mass is 10.2. The average molecular weight is 271 g/mol. The highest BCUT2D eigenvalue weighted by Gasteiger charge is 2.27. The number of nitrogens with zero attached hydrogens (tertiary/aromatic N) is 3. The Hall–Kier alpha value is -1.97. The minimum Gasteiger partial charge on any atom is -0.355 e. The van der Waals surface area contributed by atoms with Crippen LogP contribution in [0.1, 0.15) is 35.8 Å². The maximum Gasteiger partial charge on any atom is 0.134 e. The molecule has 0 unspecified atom stereocenters. The summed E-state index contributed by atoms with van der Waals surface area (Å²) in [6.45, 7) is 2.71. The minimum atomic E-state index is -0.203. The number of benzene rings is 1. The van der Waals surface area contributed by atoms with Gasteiger partial charge in [-0.3, -0.25) is 0 Å². The maximum atomic E-state index is 12.9. The Morgan fingerprint density at radius 1 is 1.20 bits per heavy atom. The zero-order valence-corrected chi connectivity index (χ0v) is 11.8. The van der Waals surface area contributed by atoms with Gasteiger partial charge in [0.1, 0.15) is 17.5 Å². The number of aromatic nitrogens is 2. The van der Waals surface area contributed by atoms with Crippen LogP contribution < -0.4 is 4.90 Å². The van der Waals surface area contributed by atoms with Gasteiger partial charge in [-0.2, -0.15) is 0 Å². The van der Waals surface area contributed by atoms with Crippen LogP contribution in [-0.2, 0) is 6.54 Å². The van der Waals surface area contributed by atoms with E-state index in [9.17, 15) is 4.39 Å². The molecule has 1 fully saturated rings. The second kappa shape index (κ2) is 5.19. The molecule has 3 rings (SSSR count). The van der Waals surface area contributed by atoms with Gasteiger partial charge in [0, 0.05) is 31.3 Å². The highest BCUT2D eigenvalue weighted by Crippen LogP contribution is 2.38. The Morgan fingerprint density at radius 3 is 2.55 bits per heavy atom. The van der Waals surface area contributed by atoms with Crippen molar-refractivity contribution in [1.29, 1.82) is 0 Å². The van der Waals surface area contributed by atoms with Gasteiger partial charge in [-0.25, -0.2) is 14.4 Å². The Kier molecular flexibility index (Phi) is 3.38. The number of hydrogen-bond acceptors (Lipinski definition) is 3. The third kappa shape index (κ3) is 2.95. The summed E-state index contributed by atoms with van der Waals surface area (Å²) < 4.78 is 12.9. The lowest BCUT2D eigenvalue weighted by Crippen LogP contribution is -2.18. The molecule has 2 aromatic rings. The van der Waals surface area contributed by atoms with E-state index < -0.39 is 0 Å². The van der Waals surface area contributed by atoms with E-state index in [1.54, 1.807) is 0 Å². The van der Waals surface area contributed by atoms with Gasteiger partial charge < -0.3 is 4.90 Å². The molecule has 20 heavy (non-hydrogen) atoms. The molecule has 1 aliphatic rings. The van der Waals surface area contributed by atoms with Crippen molar-refractivity contribution >= 4 is 5.82 Å². The van der Waals surface area contributed by atoms with Crippen LogP contribution in [-0.4, -0.2) is 17.0 Å². The third-order valence-corrected chi connectivity index (χ3v) is 3.52. The summed E-state index contributed by atoms with van der Waals surface area (Å²) in [6, 6.07) is 8.59. The Morgan fingerprint density at radius 2 is 1.90 bits per heavy atom. The zero-order chi connectivity index (χ0) is 14.1. The molecule has 0 aliphatic heterocycles. The van der Waals surface area contributed by atoms with Crippen molar-refractivity contribution in [1.82, 2.24) is 9.97 Å². The van der Waals surface area contributed by atoms with E-state index in [2.05, 4.69) is 14.9 Å². The maximum absolute atomic E-state index is 12.9. The number of aryl methyl sites for hydroxylation is 1. The Bertz CT molecular complexity index is 606. The molecule has 1 aromatic heterocycles. The first-order valence-corrected chi connectivity index (χ1v) is 6.93. The number of halogens is 1. The first-order chi connectivity index (χ1) is 9.61. The normalized spacial score (nSPS) is 14.3. The molecule has 3 nitrogen and oxygen atoms in total. The fourth-order valence-electron chi connectivity index (χ4n) is 2.24.